The van der Waals surface area contributed by atoms with Crippen molar-refractivity contribution < 1.29 is 23.7 Å². The van der Waals surface area contributed by atoms with Gasteiger partial charge in [0.2, 0.25) is 0 Å². The highest BCUT2D eigenvalue weighted by Crippen LogP contribution is 1.85. The molecule has 0 fully saturated rings. The normalized spacial score (nSPS) is 11.4. The molecule has 128 valence electrons. The van der Waals surface area contributed by atoms with Crippen molar-refractivity contribution in [1.29, 1.82) is 0 Å². The standard InChI is InChI=1S/C15H33NO5/c1-4-6-17-8-10-19-12-14-21-15-13-20-11-9-18-7-5-16(2)3/h4-15H2,1-3H3. The van der Waals surface area contributed by atoms with Crippen LogP contribution in [0.4, 0.5) is 0 Å². The average Bonchev–Trinajstić information content (AvgIpc) is 2.46. The van der Waals surface area contributed by atoms with Gasteiger partial charge >= 0.3 is 0 Å². The van der Waals surface area contributed by atoms with Crippen molar-refractivity contribution in [3.63, 3.8) is 0 Å². The zero-order valence-electron chi connectivity index (χ0n) is 14.0. The molecule has 6 heteroatoms. The fraction of sp³-hybridized carbons (Fsp3) is 1.00. The van der Waals surface area contributed by atoms with Gasteiger partial charge in [0.05, 0.1) is 59.5 Å². The van der Waals surface area contributed by atoms with Crippen LogP contribution >= 0.6 is 0 Å². The predicted molar refractivity (Wildman–Crippen MR) is 82.9 cm³/mol. The Balaban J connectivity index is 2.93. The third-order valence-electron chi connectivity index (χ3n) is 2.52. The monoisotopic (exact) mass is 307 g/mol. The van der Waals surface area contributed by atoms with E-state index in [0.717, 1.165) is 26.2 Å². The summed E-state index contributed by atoms with van der Waals surface area (Å²) in [6.07, 6.45) is 1.05. The molecule has 21 heavy (non-hydrogen) atoms. The van der Waals surface area contributed by atoms with Gasteiger partial charge < -0.3 is 28.6 Å². The lowest BCUT2D eigenvalue weighted by atomic mass is 10.5. The number of ether oxygens (including phenoxy) is 5. The second kappa shape index (κ2) is 17.8. The molecule has 0 atom stereocenters. The zero-order chi connectivity index (χ0) is 15.6. The Morgan fingerprint density at radius 3 is 1.19 bits per heavy atom. The lowest BCUT2D eigenvalue weighted by Gasteiger charge is -2.10. The van der Waals surface area contributed by atoms with E-state index in [1.165, 1.54) is 0 Å². The van der Waals surface area contributed by atoms with E-state index >= 15 is 0 Å². The van der Waals surface area contributed by atoms with Gasteiger partial charge in [-0.15, -0.1) is 0 Å². The van der Waals surface area contributed by atoms with Crippen molar-refractivity contribution in [2.24, 2.45) is 0 Å². The van der Waals surface area contributed by atoms with Gasteiger partial charge in [-0.2, -0.15) is 0 Å². The van der Waals surface area contributed by atoms with Crippen LogP contribution in [-0.2, 0) is 23.7 Å². The molecule has 0 radical (unpaired) electrons. The highest BCUT2D eigenvalue weighted by molar-refractivity contribution is 4.40. The fourth-order valence-corrected chi connectivity index (χ4v) is 1.37. The lowest BCUT2D eigenvalue weighted by molar-refractivity contribution is -0.0116. The maximum absolute atomic E-state index is 5.41. The Labute approximate surface area is 129 Å². The molecule has 0 saturated heterocycles. The van der Waals surface area contributed by atoms with Crippen LogP contribution in [0.3, 0.4) is 0 Å². The molecular weight excluding hydrogens is 274 g/mol. The van der Waals surface area contributed by atoms with Crippen LogP contribution in [0.1, 0.15) is 13.3 Å². The minimum absolute atomic E-state index is 0.591. The molecule has 0 N–H and O–H groups in total. The summed E-state index contributed by atoms with van der Waals surface area (Å²) in [5, 5.41) is 0. The summed E-state index contributed by atoms with van der Waals surface area (Å²) in [5.41, 5.74) is 0. The van der Waals surface area contributed by atoms with Gasteiger partial charge in [0, 0.05) is 13.2 Å². The third-order valence-corrected chi connectivity index (χ3v) is 2.52. The molecule has 0 aromatic heterocycles. The Morgan fingerprint density at radius 2 is 0.857 bits per heavy atom. The maximum Gasteiger partial charge on any atom is 0.0701 e. The van der Waals surface area contributed by atoms with Gasteiger partial charge in [-0.05, 0) is 20.5 Å². The molecule has 6 nitrogen and oxygen atoms in total. The molecule has 0 amide bonds. The molecular formula is C15H33NO5. The van der Waals surface area contributed by atoms with Gasteiger partial charge in [0.25, 0.3) is 0 Å². The number of nitrogens with zero attached hydrogens (tertiary/aromatic N) is 1. The predicted octanol–water partition coefficient (Wildman–Crippen LogP) is 1.04. The maximum atomic E-state index is 5.41. The van der Waals surface area contributed by atoms with Gasteiger partial charge in [-0.25, -0.2) is 0 Å². The fourth-order valence-electron chi connectivity index (χ4n) is 1.37. The van der Waals surface area contributed by atoms with Crippen LogP contribution in [0, 0.1) is 0 Å². The summed E-state index contributed by atoms with van der Waals surface area (Å²) < 4.78 is 26.8. The molecule has 0 bridgehead atoms. The van der Waals surface area contributed by atoms with Gasteiger partial charge in [-0.1, -0.05) is 6.92 Å². The third kappa shape index (κ3) is 19.8. The molecule has 0 spiro atoms. The molecule has 0 aliphatic heterocycles. The van der Waals surface area contributed by atoms with Crippen molar-refractivity contribution in [3.8, 4) is 0 Å². The van der Waals surface area contributed by atoms with Crippen molar-refractivity contribution in [1.82, 2.24) is 4.90 Å². The first kappa shape index (κ1) is 20.8. The first-order chi connectivity index (χ1) is 10.3. The molecule has 0 saturated carbocycles. The number of hydrogen-bond donors (Lipinski definition) is 0. The van der Waals surface area contributed by atoms with Gasteiger partial charge in [0.1, 0.15) is 0 Å². The molecule has 0 unspecified atom stereocenters. The second-order valence-corrected chi connectivity index (χ2v) is 4.87. The molecule has 0 aromatic rings. The average molecular weight is 307 g/mol. The largest absolute Gasteiger partial charge is 0.379 e. The topological polar surface area (TPSA) is 49.4 Å². The first-order valence-corrected chi connectivity index (χ1v) is 7.80. The molecule has 0 aliphatic carbocycles. The van der Waals surface area contributed by atoms with Crippen LogP contribution in [0.15, 0.2) is 0 Å². The highest BCUT2D eigenvalue weighted by atomic mass is 16.6. The Hall–Kier alpha value is -0.240. The number of likely N-dealkylation sites (N-methyl/N-ethyl adjacent to an activating group) is 1. The number of rotatable bonds is 17. The molecule has 0 heterocycles. The molecule has 0 rings (SSSR count). The quantitative estimate of drug-likeness (QED) is 0.374. The van der Waals surface area contributed by atoms with Gasteiger partial charge in [0.15, 0.2) is 0 Å². The summed E-state index contributed by atoms with van der Waals surface area (Å²) in [6.45, 7) is 9.48. The van der Waals surface area contributed by atoms with E-state index in [9.17, 15) is 0 Å². The van der Waals surface area contributed by atoms with E-state index in [1.54, 1.807) is 0 Å². The van der Waals surface area contributed by atoms with Crippen LogP contribution in [0.25, 0.3) is 0 Å². The Morgan fingerprint density at radius 1 is 0.524 bits per heavy atom. The summed E-state index contributed by atoms with van der Waals surface area (Å²) in [7, 11) is 4.05. The van der Waals surface area contributed by atoms with Crippen molar-refractivity contribution >= 4 is 0 Å². The van der Waals surface area contributed by atoms with E-state index in [4.69, 9.17) is 23.7 Å². The second-order valence-electron chi connectivity index (χ2n) is 4.87. The van der Waals surface area contributed by atoms with Crippen molar-refractivity contribution in [2.45, 2.75) is 13.3 Å². The molecule has 0 aliphatic rings. The lowest BCUT2D eigenvalue weighted by Crippen LogP contribution is -2.19. The SMILES string of the molecule is CCCOCCOCCOCCOCCOCCN(C)C. The van der Waals surface area contributed by atoms with E-state index in [1.807, 2.05) is 14.1 Å². The summed E-state index contributed by atoms with van der Waals surface area (Å²) in [6, 6.07) is 0. The number of hydrogen-bond acceptors (Lipinski definition) is 6. The van der Waals surface area contributed by atoms with Crippen LogP contribution in [-0.4, -0.2) is 91.6 Å². The van der Waals surface area contributed by atoms with Crippen LogP contribution in [0.5, 0.6) is 0 Å². The summed E-state index contributed by atoms with van der Waals surface area (Å²) >= 11 is 0. The van der Waals surface area contributed by atoms with E-state index in [-0.39, 0.29) is 0 Å². The van der Waals surface area contributed by atoms with Gasteiger partial charge in [-0.3, -0.25) is 0 Å². The van der Waals surface area contributed by atoms with Crippen molar-refractivity contribution in [3.05, 3.63) is 0 Å². The smallest absolute Gasteiger partial charge is 0.0701 e. The van der Waals surface area contributed by atoms with Crippen LogP contribution < -0.4 is 0 Å². The summed E-state index contributed by atoms with van der Waals surface area (Å²) in [4.78, 5) is 2.09. The minimum atomic E-state index is 0.591. The van der Waals surface area contributed by atoms with E-state index < -0.39 is 0 Å². The van der Waals surface area contributed by atoms with Crippen LogP contribution in [0.2, 0.25) is 0 Å². The zero-order valence-corrected chi connectivity index (χ0v) is 14.0. The molecule has 0 aromatic carbocycles. The Kier molecular flexibility index (Phi) is 17.6. The van der Waals surface area contributed by atoms with E-state index in [2.05, 4.69) is 11.8 Å². The summed E-state index contributed by atoms with van der Waals surface area (Å²) in [5.74, 6) is 0. The highest BCUT2D eigenvalue weighted by Gasteiger charge is 1.94. The Bertz CT molecular complexity index is 193. The van der Waals surface area contributed by atoms with E-state index in [0.29, 0.717) is 52.9 Å². The van der Waals surface area contributed by atoms with Crippen molar-refractivity contribution in [2.75, 3.05) is 86.7 Å². The first-order valence-electron chi connectivity index (χ1n) is 7.80. The minimum Gasteiger partial charge on any atom is -0.379 e.